The number of unbranched alkanes of at least 4 members (excludes halogenated alkanes) is 2. The van der Waals surface area contributed by atoms with Crippen LogP contribution in [0.15, 0.2) is 54.6 Å². The molecule has 1 aliphatic rings. The zero-order valence-electron chi connectivity index (χ0n) is 18.4. The fourth-order valence-electron chi connectivity index (χ4n) is 4.21. The molecule has 1 aromatic heterocycles. The molecule has 158 valence electrons. The summed E-state index contributed by atoms with van der Waals surface area (Å²) < 4.78 is 0. The number of aromatic nitrogens is 1. The van der Waals surface area contributed by atoms with Crippen molar-refractivity contribution in [2.45, 2.75) is 33.1 Å². The van der Waals surface area contributed by atoms with Crippen LogP contribution < -0.4 is 10.2 Å². The van der Waals surface area contributed by atoms with Crippen LogP contribution in [0, 0.1) is 0 Å². The molecule has 1 N–H and O–H groups in total. The summed E-state index contributed by atoms with van der Waals surface area (Å²) in [7, 11) is 0. The smallest absolute Gasteiger partial charge is 0.137 e. The number of likely N-dealkylation sites (N-methyl/N-ethyl adjacent to an activating group) is 1. The second-order valence-corrected chi connectivity index (χ2v) is 8.18. The Morgan fingerprint density at radius 2 is 1.67 bits per heavy atom. The molecule has 0 bridgehead atoms. The second-order valence-electron chi connectivity index (χ2n) is 8.18. The van der Waals surface area contributed by atoms with Crippen molar-refractivity contribution in [1.82, 2.24) is 9.88 Å². The van der Waals surface area contributed by atoms with E-state index in [4.69, 9.17) is 4.98 Å². The van der Waals surface area contributed by atoms with Gasteiger partial charge in [-0.1, -0.05) is 63.1 Å². The number of pyridine rings is 1. The zero-order chi connectivity index (χ0) is 20.8. The van der Waals surface area contributed by atoms with E-state index < -0.39 is 0 Å². The van der Waals surface area contributed by atoms with Gasteiger partial charge in [-0.25, -0.2) is 4.98 Å². The quantitative estimate of drug-likeness (QED) is 0.494. The van der Waals surface area contributed by atoms with Gasteiger partial charge in [0.25, 0.3) is 0 Å². The molecule has 0 spiro atoms. The molecule has 1 saturated heterocycles. The van der Waals surface area contributed by atoms with E-state index >= 15 is 0 Å². The van der Waals surface area contributed by atoms with Crippen LogP contribution in [0.3, 0.4) is 0 Å². The Bertz CT molecular complexity index is 943. The van der Waals surface area contributed by atoms with Gasteiger partial charge in [0.1, 0.15) is 5.82 Å². The molecule has 0 radical (unpaired) electrons. The summed E-state index contributed by atoms with van der Waals surface area (Å²) >= 11 is 0. The van der Waals surface area contributed by atoms with Gasteiger partial charge in [0.2, 0.25) is 0 Å². The molecule has 0 amide bonds. The van der Waals surface area contributed by atoms with Crippen molar-refractivity contribution >= 4 is 22.3 Å². The van der Waals surface area contributed by atoms with Crippen LogP contribution in [0.25, 0.3) is 22.0 Å². The lowest BCUT2D eigenvalue weighted by Gasteiger charge is -2.35. The van der Waals surface area contributed by atoms with Gasteiger partial charge >= 0.3 is 0 Å². The van der Waals surface area contributed by atoms with Crippen molar-refractivity contribution in [3.05, 3.63) is 54.6 Å². The standard InChI is InChI=1S/C26H34N4/c1-3-5-8-15-27-23-13-11-21(12-14-23)25-20-22-9-6-7-10-24(22)26(28-25)30-18-16-29(4-2)17-19-30/h6-7,9-14,20,27H,3-5,8,15-19H2,1-2H3. The van der Waals surface area contributed by atoms with Gasteiger partial charge in [0.05, 0.1) is 5.69 Å². The van der Waals surface area contributed by atoms with Crippen LogP contribution in [0.2, 0.25) is 0 Å². The Morgan fingerprint density at radius 1 is 0.900 bits per heavy atom. The molecular weight excluding hydrogens is 368 g/mol. The van der Waals surface area contributed by atoms with Gasteiger partial charge in [0.15, 0.2) is 0 Å². The lowest BCUT2D eigenvalue weighted by Crippen LogP contribution is -2.46. The molecule has 2 aromatic carbocycles. The van der Waals surface area contributed by atoms with Crippen LogP contribution in [-0.4, -0.2) is 49.2 Å². The third-order valence-electron chi connectivity index (χ3n) is 6.13. The van der Waals surface area contributed by atoms with E-state index in [2.05, 4.69) is 83.6 Å². The highest BCUT2D eigenvalue weighted by molar-refractivity contribution is 5.95. The first-order chi connectivity index (χ1) is 14.8. The maximum atomic E-state index is 5.15. The number of nitrogens with zero attached hydrogens (tertiary/aromatic N) is 3. The summed E-state index contributed by atoms with van der Waals surface area (Å²) in [6.45, 7) is 10.9. The molecule has 30 heavy (non-hydrogen) atoms. The average Bonchev–Trinajstić information content (AvgIpc) is 2.81. The first-order valence-electron chi connectivity index (χ1n) is 11.5. The third-order valence-corrected chi connectivity index (χ3v) is 6.13. The lowest BCUT2D eigenvalue weighted by atomic mass is 10.1. The molecule has 4 nitrogen and oxygen atoms in total. The number of rotatable bonds is 8. The SMILES string of the molecule is CCCCCNc1ccc(-c2cc3ccccc3c(N3CCN(CC)CC3)n2)cc1. The molecule has 0 aliphatic carbocycles. The second kappa shape index (κ2) is 9.94. The van der Waals surface area contributed by atoms with E-state index in [1.54, 1.807) is 0 Å². The van der Waals surface area contributed by atoms with E-state index in [9.17, 15) is 0 Å². The summed E-state index contributed by atoms with van der Waals surface area (Å²) in [5.74, 6) is 1.13. The van der Waals surface area contributed by atoms with E-state index in [0.717, 1.165) is 50.8 Å². The van der Waals surface area contributed by atoms with Crippen LogP contribution in [0.5, 0.6) is 0 Å². The molecule has 0 unspecified atom stereocenters. The highest BCUT2D eigenvalue weighted by atomic mass is 15.3. The lowest BCUT2D eigenvalue weighted by molar-refractivity contribution is 0.271. The minimum absolute atomic E-state index is 1.04. The van der Waals surface area contributed by atoms with E-state index in [1.807, 2.05) is 0 Å². The first kappa shape index (κ1) is 20.7. The molecule has 4 rings (SSSR count). The van der Waals surface area contributed by atoms with Gasteiger partial charge in [-0.2, -0.15) is 0 Å². The molecule has 3 aromatic rings. The summed E-state index contributed by atoms with van der Waals surface area (Å²) in [6, 6.07) is 19.6. The van der Waals surface area contributed by atoms with Gasteiger partial charge < -0.3 is 15.1 Å². The fraction of sp³-hybridized carbons (Fsp3) is 0.423. The van der Waals surface area contributed by atoms with Crippen molar-refractivity contribution in [2.75, 3.05) is 49.5 Å². The first-order valence-corrected chi connectivity index (χ1v) is 11.5. The Morgan fingerprint density at radius 3 is 2.40 bits per heavy atom. The number of hydrogen-bond donors (Lipinski definition) is 1. The van der Waals surface area contributed by atoms with Crippen molar-refractivity contribution < 1.29 is 0 Å². The van der Waals surface area contributed by atoms with Crippen molar-refractivity contribution in [2.24, 2.45) is 0 Å². The van der Waals surface area contributed by atoms with Crippen molar-refractivity contribution in [3.63, 3.8) is 0 Å². The maximum Gasteiger partial charge on any atom is 0.137 e. The largest absolute Gasteiger partial charge is 0.385 e. The number of fused-ring (bicyclic) bond motifs is 1. The van der Waals surface area contributed by atoms with E-state index in [1.165, 1.54) is 41.3 Å². The van der Waals surface area contributed by atoms with Crippen LogP contribution in [0.1, 0.15) is 33.1 Å². The molecule has 1 fully saturated rings. The van der Waals surface area contributed by atoms with E-state index in [0.29, 0.717) is 0 Å². The zero-order valence-corrected chi connectivity index (χ0v) is 18.4. The van der Waals surface area contributed by atoms with Gasteiger partial charge in [-0.05, 0) is 36.6 Å². The van der Waals surface area contributed by atoms with Crippen molar-refractivity contribution in [1.29, 1.82) is 0 Å². The summed E-state index contributed by atoms with van der Waals surface area (Å²) in [4.78, 5) is 10.1. The predicted molar refractivity (Wildman–Crippen MR) is 130 cm³/mol. The van der Waals surface area contributed by atoms with Gasteiger partial charge in [-0.3, -0.25) is 0 Å². The summed E-state index contributed by atoms with van der Waals surface area (Å²) in [5.41, 5.74) is 3.42. The number of hydrogen-bond acceptors (Lipinski definition) is 4. The number of nitrogens with one attached hydrogen (secondary N) is 1. The molecule has 0 atom stereocenters. The predicted octanol–water partition coefficient (Wildman–Crippen LogP) is 5.65. The minimum atomic E-state index is 1.04. The highest BCUT2D eigenvalue weighted by Gasteiger charge is 2.19. The third kappa shape index (κ3) is 4.76. The number of piperazine rings is 1. The average molecular weight is 403 g/mol. The van der Waals surface area contributed by atoms with Crippen LogP contribution in [0.4, 0.5) is 11.5 Å². The van der Waals surface area contributed by atoms with E-state index in [-0.39, 0.29) is 0 Å². The molecule has 4 heteroatoms. The topological polar surface area (TPSA) is 31.4 Å². The van der Waals surface area contributed by atoms with Crippen molar-refractivity contribution in [3.8, 4) is 11.3 Å². The number of anilines is 2. The molecular formula is C26H34N4. The van der Waals surface area contributed by atoms with Crippen LogP contribution >= 0.6 is 0 Å². The Balaban J connectivity index is 1.59. The number of benzene rings is 2. The fourth-order valence-corrected chi connectivity index (χ4v) is 4.21. The molecule has 2 heterocycles. The Hall–Kier alpha value is -2.59. The minimum Gasteiger partial charge on any atom is -0.385 e. The molecule has 0 saturated carbocycles. The van der Waals surface area contributed by atoms with Crippen LogP contribution in [-0.2, 0) is 0 Å². The van der Waals surface area contributed by atoms with Gasteiger partial charge in [0, 0.05) is 49.4 Å². The monoisotopic (exact) mass is 402 g/mol. The molecule has 1 aliphatic heterocycles. The maximum absolute atomic E-state index is 5.15. The normalized spacial score (nSPS) is 14.9. The van der Waals surface area contributed by atoms with Gasteiger partial charge in [-0.15, -0.1) is 0 Å². The highest BCUT2D eigenvalue weighted by Crippen LogP contribution is 2.31. The Kier molecular flexibility index (Phi) is 6.85. The summed E-state index contributed by atoms with van der Waals surface area (Å²) in [5, 5.41) is 6.04. The summed E-state index contributed by atoms with van der Waals surface area (Å²) in [6.07, 6.45) is 3.75. The Labute approximate surface area is 180 Å².